The second-order valence-electron chi connectivity index (χ2n) is 7.74. The van der Waals surface area contributed by atoms with Crippen molar-refractivity contribution in [1.82, 2.24) is 5.32 Å². The highest BCUT2D eigenvalue weighted by Crippen LogP contribution is 2.18. The third-order valence-electron chi connectivity index (χ3n) is 4.14. The largest absolute Gasteiger partial charge is 0.391 e. The first-order chi connectivity index (χ1) is 12.6. The van der Waals surface area contributed by atoms with Gasteiger partial charge in [0.25, 0.3) is 5.91 Å². The molecule has 1 amide bonds. The van der Waals surface area contributed by atoms with Gasteiger partial charge in [0.05, 0.1) is 6.10 Å². The lowest BCUT2D eigenvalue weighted by molar-refractivity contribution is 0.0916. The van der Waals surface area contributed by atoms with E-state index in [9.17, 15) is 18.7 Å². The van der Waals surface area contributed by atoms with Crippen LogP contribution in [0.1, 0.15) is 42.3 Å². The fourth-order valence-corrected chi connectivity index (χ4v) is 2.79. The van der Waals surface area contributed by atoms with Gasteiger partial charge in [-0.3, -0.25) is 4.79 Å². The summed E-state index contributed by atoms with van der Waals surface area (Å²) in [5, 5.41) is 13.3. The third-order valence-corrected chi connectivity index (χ3v) is 4.14. The van der Waals surface area contributed by atoms with Crippen LogP contribution < -0.4 is 11.1 Å². The smallest absolute Gasteiger partial charge is 0.251 e. The molecule has 0 fully saturated rings. The number of halogens is 2. The maximum absolute atomic E-state index is 13.8. The first kappa shape index (κ1) is 21.0. The van der Waals surface area contributed by atoms with Crippen molar-refractivity contribution in [3.05, 3.63) is 70.8 Å². The van der Waals surface area contributed by atoms with Crippen molar-refractivity contribution in [2.24, 2.45) is 5.73 Å². The highest BCUT2D eigenvalue weighted by molar-refractivity contribution is 5.96. The summed E-state index contributed by atoms with van der Waals surface area (Å²) in [5.41, 5.74) is 6.60. The Morgan fingerprint density at radius 2 is 1.78 bits per heavy atom. The Kier molecular flexibility index (Phi) is 6.68. The van der Waals surface area contributed by atoms with Gasteiger partial charge < -0.3 is 16.2 Å². The Hall–Kier alpha value is -2.31. The Balaban J connectivity index is 2.16. The van der Waals surface area contributed by atoms with E-state index in [1.807, 2.05) is 20.8 Å². The molecular weight excluding hydrogens is 350 g/mol. The van der Waals surface area contributed by atoms with Crippen LogP contribution in [0.5, 0.6) is 0 Å². The zero-order valence-electron chi connectivity index (χ0n) is 15.8. The summed E-state index contributed by atoms with van der Waals surface area (Å²) >= 11 is 0. The van der Waals surface area contributed by atoms with Crippen LogP contribution in [0.15, 0.2) is 42.5 Å². The maximum atomic E-state index is 13.8. The van der Waals surface area contributed by atoms with Crippen molar-refractivity contribution in [1.29, 1.82) is 0 Å². The van der Waals surface area contributed by atoms with Gasteiger partial charge in [0.1, 0.15) is 11.6 Å². The molecule has 2 atom stereocenters. The van der Waals surface area contributed by atoms with Gasteiger partial charge in [0, 0.05) is 23.6 Å². The number of nitrogens with two attached hydrogens (primary N) is 1. The standard InChI is InChI=1S/C21H26F2N2O2/c1-21(2,3)25-20(27)16-9-8-15(22)10-14(16)12-19(26)18(24)11-13-6-4-5-7-17(13)23/h4-10,18-19,26H,11-12,24H2,1-3H3,(H,25,27). The second kappa shape index (κ2) is 8.59. The summed E-state index contributed by atoms with van der Waals surface area (Å²) in [6.45, 7) is 5.52. The number of aliphatic hydroxyl groups is 1. The van der Waals surface area contributed by atoms with E-state index in [1.54, 1.807) is 18.2 Å². The molecule has 0 spiro atoms. The minimum absolute atomic E-state index is 0.0136. The lowest BCUT2D eigenvalue weighted by Crippen LogP contribution is -2.42. The Bertz CT molecular complexity index is 803. The zero-order chi connectivity index (χ0) is 20.2. The van der Waals surface area contributed by atoms with E-state index >= 15 is 0 Å². The van der Waals surface area contributed by atoms with Crippen LogP contribution in [0.2, 0.25) is 0 Å². The third kappa shape index (κ3) is 6.12. The molecule has 0 saturated heterocycles. The van der Waals surface area contributed by atoms with Crippen LogP contribution in [0.3, 0.4) is 0 Å². The summed E-state index contributed by atoms with van der Waals surface area (Å²) in [7, 11) is 0. The molecule has 0 aromatic heterocycles. The summed E-state index contributed by atoms with van der Waals surface area (Å²) in [6.07, 6.45) is -0.944. The summed E-state index contributed by atoms with van der Waals surface area (Å²) in [5.74, 6) is -1.25. The summed E-state index contributed by atoms with van der Waals surface area (Å²) in [6, 6.07) is 9.25. The van der Waals surface area contributed by atoms with Crippen LogP contribution in [-0.4, -0.2) is 28.7 Å². The van der Waals surface area contributed by atoms with Gasteiger partial charge >= 0.3 is 0 Å². The lowest BCUT2D eigenvalue weighted by Gasteiger charge is -2.23. The monoisotopic (exact) mass is 376 g/mol. The molecule has 0 aliphatic heterocycles. The van der Waals surface area contributed by atoms with Crippen molar-refractivity contribution in [3.8, 4) is 0 Å². The number of rotatable bonds is 6. The van der Waals surface area contributed by atoms with E-state index in [0.717, 1.165) is 0 Å². The Morgan fingerprint density at radius 1 is 1.11 bits per heavy atom. The Morgan fingerprint density at radius 3 is 2.41 bits per heavy atom. The first-order valence-electron chi connectivity index (χ1n) is 8.85. The number of benzene rings is 2. The molecule has 0 saturated carbocycles. The number of hydrogen-bond acceptors (Lipinski definition) is 3. The Labute approximate surface area is 158 Å². The van der Waals surface area contributed by atoms with Gasteiger partial charge in [-0.15, -0.1) is 0 Å². The summed E-state index contributed by atoms with van der Waals surface area (Å²) < 4.78 is 27.5. The van der Waals surface area contributed by atoms with E-state index < -0.39 is 29.3 Å². The van der Waals surface area contributed by atoms with Gasteiger partial charge in [-0.2, -0.15) is 0 Å². The molecule has 0 bridgehead atoms. The van der Waals surface area contributed by atoms with E-state index in [4.69, 9.17) is 5.73 Å². The molecule has 27 heavy (non-hydrogen) atoms. The lowest BCUT2D eigenvalue weighted by atomic mass is 9.94. The average Bonchev–Trinajstić information content (AvgIpc) is 2.55. The molecule has 2 unspecified atom stereocenters. The number of carbonyl (C=O) groups excluding carboxylic acids is 1. The number of aliphatic hydroxyl groups excluding tert-OH is 1. The van der Waals surface area contributed by atoms with Crippen LogP contribution in [0.4, 0.5) is 8.78 Å². The first-order valence-corrected chi connectivity index (χ1v) is 8.85. The van der Waals surface area contributed by atoms with Gasteiger partial charge in [-0.1, -0.05) is 18.2 Å². The molecule has 6 heteroatoms. The van der Waals surface area contributed by atoms with Crippen LogP contribution in [-0.2, 0) is 12.8 Å². The maximum Gasteiger partial charge on any atom is 0.251 e. The van der Waals surface area contributed by atoms with Gasteiger partial charge in [0.15, 0.2) is 0 Å². The van der Waals surface area contributed by atoms with Gasteiger partial charge in [-0.05, 0) is 62.6 Å². The van der Waals surface area contributed by atoms with E-state index in [1.165, 1.54) is 24.3 Å². The molecule has 0 aliphatic carbocycles. The second-order valence-corrected chi connectivity index (χ2v) is 7.74. The minimum Gasteiger partial charge on any atom is -0.391 e. The molecule has 0 radical (unpaired) electrons. The van der Waals surface area contributed by atoms with Crippen molar-refractivity contribution < 1.29 is 18.7 Å². The SMILES string of the molecule is CC(C)(C)NC(=O)c1ccc(F)cc1CC(O)C(N)Cc1ccccc1F. The van der Waals surface area contributed by atoms with Gasteiger partial charge in [0.2, 0.25) is 0 Å². The highest BCUT2D eigenvalue weighted by Gasteiger charge is 2.23. The van der Waals surface area contributed by atoms with Crippen molar-refractivity contribution in [3.63, 3.8) is 0 Å². The van der Waals surface area contributed by atoms with E-state index in [2.05, 4.69) is 5.32 Å². The van der Waals surface area contributed by atoms with Crippen LogP contribution in [0, 0.1) is 11.6 Å². The summed E-state index contributed by atoms with van der Waals surface area (Å²) in [4.78, 5) is 12.5. The topological polar surface area (TPSA) is 75.3 Å². The minimum atomic E-state index is -1.06. The van der Waals surface area contributed by atoms with E-state index in [0.29, 0.717) is 11.1 Å². The quantitative estimate of drug-likeness (QED) is 0.726. The number of nitrogens with one attached hydrogen (secondary N) is 1. The van der Waals surface area contributed by atoms with Crippen LogP contribution >= 0.6 is 0 Å². The van der Waals surface area contributed by atoms with Crippen LogP contribution in [0.25, 0.3) is 0 Å². The molecule has 0 heterocycles. The molecule has 146 valence electrons. The fourth-order valence-electron chi connectivity index (χ4n) is 2.79. The molecule has 2 aromatic carbocycles. The number of hydrogen-bond donors (Lipinski definition) is 3. The average molecular weight is 376 g/mol. The fraction of sp³-hybridized carbons (Fsp3) is 0.381. The molecule has 4 nitrogen and oxygen atoms in total. The van der Waals surface area contributed by atoms with Crippen molar-refractivity contribution in [2.75, 3.05) is 0 Å². The molecule has 4 N–H and O–H groups in total. The predicted molar refractivity (Wildman–Crippen MR) is 101 cm³/mol. The zero-order valence-corrected chi connectivity index (χ0v) is 15.8. The molecule has 0 aliphatic rings. The number of amides is 1. The van der Waals surface area contributed by atoms with Crippen molar-refractivity contribution in [2.45, 2.75) is 51.3 Å². The van der Waals surface area contributed by atoms with Gasteiger partial charge in [-0.25, -0.2) is 8.78 Å². The number of carbonyl (C=O) groups is 1. The molecule has 2 aromatic rings. The normalized spacial score (nSPS) is 13.9. The van der Waals surface area contributed by atoms with E-state index in [-0.39, 0.29) is 24.3 Å². The molecule has 2 rings (SSSR count). The van der Waals surface area contributed by atoms with Crippen molar-refractivity contribution >= 4 is 5.91 Å². The molecular formula is C21H26F2N2O2. The highest BCUT2D eigenvalue weighted by atomic mass is 19.1. The predicted octanol–water partition coefficient (Wildman–Crippen LogP) is 2.97.